The summed E-state index contributed by atoms with van der Waals surface area (Å²) in [5.74, 6) is -1.75. The Kier molecular flexibility index (Phi) is 5.00. The van der Waals surface area contributed by atoms with Crippen molar-refractivity contribution in [3.05, 3.63) is 48.3 Å². The monoisotopic (exact) mass is 514 g/mol. The van der Waals surface area contributed by atoms with Crippen molar-refractivity contribution in [2.24, 2.45) is 0 Å². The van der Waals surface area contributed by atoms with Gasteiger partial charge in [-0.3, -0.25) is 3.97 Å². The first-order valence-electron chi connectivity index (χ1n) is 8.75. The van der Waals surface area contributed by atoms with Crippen LogP contribution in [0.25, 0.3) is 22.2 Å². The van der Waals surface area contributed by atoms with E-state index in [0.29, 0.717) is 16.6 Å². The van der Waals surface area contributed by atoms with Gasteiger partial charge < -0.3 is 9.31 Å². The van der Waals surface area contributed by atoms with Crippen LogP contribution in [0.5, 0.6) is 0 Å². The van der Waals surface area contributed by atoms with E-state index < -0.39 is 30.0 Å². The fourth-order valence-corrected chi connectivity index (χ4v) is 4.44. The van der Waals surface area contributed by atoms with Crippen molar-refractivity contribution in [3.8, 4) is 11.1 Å². The van der Waals surface area contributed by atoms with Crippen molar-refractivity contribution < 1.29 is 18.1 Å². The van der Waals surface area contributed by atoms with Crippen LogP contribution < -0.4 is 5.46 Å². The molecule has 146 valence electrons. The number of benzene rings is 1. The predicted molar refractivity (Wildman–Crippen MR) is 118 cm³/mol. The highest BCUT2D eigenvalue weighted by atomic mass is 127. The van der Waals surface area contributed by atoms with E-state index in [0.717, 1.165) is 11.5 Å². The Balaban J connectivity index is 1.87. The lowest BCUT2D eigenvalue weighted by molar-refractivity contribution is 0.00578. The Morgan fingerprint density at radius 1 is 1.11 bits per heavy atom. The van der Waals surface area contributed by atoms with E-state index in [2.05, 4.69) is 26.2 Å². The first kappa shape index (κ1) is 20.1. The van der Waals surface area contributed by atoms with E-state index in [1.165, 1.54) is 15.2 Å². The zero-order chi connectivity index (χ0) is 20.3. The average molecular weight is 514 g/mol. The van der Waals surface area contributed by atoms with Crippen LogP contribution in [0.1, 0.15) is 27.7 Å². The molecular formula is C19H18BF2IN2O2S. The van der Waals surface area contributed by atoms with Crippen LogP contribution >= 0.6 is 30.3 Å². The van der Waals surface area contributed by atoms with E-state index in [-0.39, 0.29) is 5.56 Å². The van der Waals surface area contributed by atoms with Crippen molar-refractivity contribution in [2.75, 3.05) is 0 Å². The summed E-state index contributed by atoms with van der Waals surface area (Å²) in [7, 11) is 0.826. The van der Waals surface area contributed by atoms with Gasteiger partial charge in [-0.2, -0.15) is 0 Å². The van der Waals surface area contributed by atoms with Crippen LogP contribution in [0, 0.1) is 11.6 Å². The Labute approximate surface area is 178 Å². The molecule has 1 saturated heterocycles. The van der Waals surface area contributed by atoms with Gasteiger partial charge in [-0.15, -0.1) is 0 Å². The number of halogens is 3. The molecular weight excluding hydrogens is 496 g/mol. The maximum atomic E-state index is 14.5. The minimum Gasteiger partial charge on any atom is -0.399 e. The molecule has 0 saturated carbocycles. The van der Waals surface area contributed by atoms with Gasteiger partial charge in [-0.05, 0) is 39.8 Å². The summed E-state index contributed by atoms with van der Waals surface area (Å²) in [5.41, 5.74) is 1.21. The SMILES string of the molecule is CC1(C)OB(c2cnc3c(c2)c(-c2cccc(F)c2F)cn3SI)OC1(C)C. The van der Waals surface area contributed by atoms with Gasteiger partial charge in [-0.1, -0.05) is 12.1 Å². The molecule has 9 heteroatoms. The molecule has 1 fully saturated rings. The maximum absolute atomic E-state index is 14.5. The van der Waals surface area contributed by atoms with Gasteiger partial charge in [0.1, 0.15) is 0 Å². The highest BCUT2D eigenvalue weighted by molar-refractivity contribution is 14.2. The summed E-state index contributed by atoms with van der Waals surface area (Å²) in [6.07, 6.45) is 3.47. The summed E-state index contributed by atoms with van der Waals surface area (Å²) in [6, 6.07) is 6.06. The molecule has 1 aromatic carbocycles. The van der Waals surface area contributed by atoms with Crippen LogP contribution in [-0.4, -0.2) is 27.3 Å². The summed E-state index contributed by atoms with van der Waals surface area (Å²) in [4.78, 5) is 4.55. The number of nitrogens with zero attached hydrogens (tertiary/aromatic N) is 2. The van der Waals surface area contributed by atoms with Crippen molar-refractivity contribution in [1.29, 1.82) is 0 Å². The fourth-order valence-electron chi connectivity index (χ4n) is 3.18. The Bertz CT molecular complexity index is 1060. The Morgan fingerprint density at radius 2 is 1.79 bits per heavy atom. The molecule has 0 aliphatic carbocycles. The van der Waals surface area contributed by atoms with Gasteiger partial charge in [-0.25, -0.2) is 13.8 Å². The largest absolute Gasteiger partial charge is 0.496 e. The normalized spacial score (nSPS) is 18.2. The lowest BCUT2D eigenvalue weighted by atomic mass is 9.79. The fraction of sp³-hybridized carbons (Fsp3) is 0.316. The van der Waals surface area contributed by atoms with Crippen molar-refractivity contribution in [2.45, 2.75) is 38.9 Å². The minimum atomic E-state index is -0.879. The molecule has 0 amide bonds. The van der Waals surface area contributed by atoms with Gasteiger partial charge in [0.15, 0.2) is 17.3 Å². The van der Waals surface area contributed by atoms with E-state index in [9.17, 15) is 8.78 Å². The van der Waals surface area contributed by atoms with Crippen LogP contribution in [0.4, 0.5) is 8.78 Å². The van der Waals surface area contributed by atoms with Crippen molar-refractivity contribution >= 4 is 53.9 Å². The number of rotatable bonds is 3. The molecule has 1 aliphatic rings. The Morgan fingerprint density at radius 3 is 2.43 bits per heavy atom. The minimum absolute atomic E-state index is 0.196. The molecule has 4 nitrogen and oxygen atoms in total. The maximum Gasteiger partial charge on any atom is 0.496 e. The molecule has 0 atom stereocenters. The van der Waals surface area contributed by atoms with Crippen molar-refractivity contribution in [3.63, 3.8) is 0 Å². The summed E-state index contributed by atoms with van der Waals surface area (Å²) in [6.45, 7) is 7.93. The first-order valence-corrected chi connectivity index (χ1v) is 12.1. The third kappa shape index (κ3) is 3.16. The molecule has 3 heterocycles. The molecule has 3 aromatic rings. The van der Waals surface area contributed by atoms with Crippen LogP contribution in [-0.2, 0) is 9.31 Å². The summed E-state index contributed by atoms with van der Waals surface area (Å²) < 4.78 is 42.3. The molecule has 28 heavy (non-hydrogen) atoms. The van der Waals surface area contributed by atoms with E-state index in [4.69, 9.17) is 9.31 Å². The van der Waals surface area contributed by atoms with Crippen LogP contribution in [0.3, 0.4) is 0 Å². The number of pyridine rings is 1. The molecule has 2 aromatic heterocycles. The third-order valence-corrected chi connectivity index (χ3v) is 7.17. The van der Waals surface area contributed by atoms with Gasteiger partial charge in [0, 0.05) is 64.7 Å². The number of hydrogen-bond acceptors (Lipinski definition) is 4. The van der Waals surface area contributed by atoms with E-state index in [1.54, 1.807) is 18.5 Å². The van der Waals surface area contributed by atoms with Gasteiger partial charge in [0.2, 0.25) is 0 Å². The van der Waals surface area contributed by atoms with E-state index >= 15 is 0 Å². The molecule has 0 bridgehead atoms. The second-order valence-corrected chi connectivity index (χ2v) is 9.48. The highest BCUT2D eigenvalue weighted by Crippen LogP contribution is 2.38. The van der Waals surface area contributed by atoms with Gasteiger partial charge in [0.25, 0.3) is 0 Å². The van der Waals surface area contributed by atoms with Gasteiger partial charge in [0.05, 0.1) is 11.2 Å². The van der Waals surface area contributed by atoms with Crippen molar-refractivity contribution in [1.82, 2.24) is 8.96 Å². The van der Waals surface area contributed by atoms with Crippen LogP contribution in [0.2, 0.25) is 0 Å². The molecule has 1 aliphatic heterocycles. The summed E-state index contributed by atoms with van der Waals surface area (Å²) in [5, 5.41) is 0.709. The third-order valence-electron chi connectivity index (χ3n) is 5.47. The van der Waals surface area contributed by atoms with Gasteiger partial charge >= 0.3 is 7.12 Å². The topological polar surface area (TPSA) is 36.3 Å². The molecule has 0 spiro atoms. The quantitative estimate of drug-likeness (QED) is 0.359. The number of aromatic nitrogens is 2. The molecule has 4 rings (SSSR count). The summed E-state index contributed by atoms with van der Waals surface area (Å²) >= 11 is 2.13. The number of hydrogen-bond donors (Lipinski definition) is 0. The lowest BCUT2D eigenvalue weighted by Crippen LogP contribution is -2.41. The highest BCUT2D eigenvalue weighted by Gasteiger charge is 2.51. The zero-order valence-corrected chi connectivity index (χ0v) is 18.8. The number of fused-ring (bicyclic) bond motifs is 1. The van der Waals surface area contributed by atoms with Crippen LogP contribution in [0.15, 0.2) is 36.7 Å². The van der Waals surface area contributed by atoms with E-state index in [1.807, 2.05) is 37.7 Å². The second-order valence-electron chi connectivity index (χ2n) is 7.77. The second kappa shape index (κ2) is 6.96. The first-order chi connectivity index (χ1) is 13.1. The Hall–Kier alpha value is -1.17. The zero-order valence-electron chi connectivity index (χ0n) is 15.8. The molecule has 0 N–H and O–H groups in total. The smallest absolute Gasteiger partial charge is 0.399 e. The predicted octanol–water partition coefficient (Wildman–Crippen LogP) is 5.13. The lowest BCUT2D eigenvalue weighted by Gasteiger charge is -2.32. The standard InChI is InChI=1S/C19H18BF2IN2O2S/c1-18(2)19(3,4)27-20(26-18)11-8-13-14(10-25(28-23)17(13)24-9-11)12-6-5-7-15(21)16(12)22/h5-10H,1-4H3. The molecule has 0 unspecified atom stereocenters. The molecule has 0 radical (unpaired) electrons. The average Bonchev–Trinajstić information content (AvgIpc) is 3.10.